The Hall–Kier alpha value is -2.37. The van der Waals surface area contributed by atoms with Crippen molar-refractivity contribution >= 4 is 11.7 Å². The zero-order valence-electron chi connectivity index (χ0n) is 10.0. The van der Waals surface area contributed by atoms with Gasteiger partial charge in [0.25, 0.3) is 0 Å². The van der Waals surface area contributed by atoms with Gasteiger partial charge in [-0.25, -0.2) is 13.6 Å². The van der Waals surface area contributed by atoms with Gasteiger partial charge >= 0.3 is 5.97 Å². The average Bonchev–Trinajstić information content (AvgIpc) is 2.70. The molecule has 0 fully saturated rings. The van der Waals surface area contributed by atoms with E-state index in [1.165, 1.54) is 12.1 Å². The van der Waals surface area contributed by atoms with E-state index in [1.54, 1.807) is 6.92 Å². The highest BCUT2D eigenvalue weighted by Crippen LogP contribution is 2.20. The molecule has 0 atom stereocenters. The lowest BCUT2D eigenvalue weighted by atomic mass is 10.2. The SMILES string of the molecule is Cc1cc(CNc2c(F)cccc2F)oc1C(=O)O. The molecule has 0 aliphatic heterocycles. The van der Waals surface area contributed by atoms with Gasteiger partial charge in [0.2, 0.25) is 5.76 Å². The number of para-hydroxylation sites is 1. The zero-order valence-corrected chi connectivity index (χ0v) is 10.0. The van der Waals surface area contributed by atoms with Crippen molar-refractivity contribution in [2.45, 2.75) is 13.5 Å². The van der Waals surface area contributed by atoms with Crippen LogP contribution in [0.5, 0.6) is 0 Å². The number of nitrogens with one attached hydrogen (secondary N) is 1. The second kappa shape index (κ2) is 5.09. The Labute approximate surface area is 107 Å². The Morgan fingerprint density at radius 3 is 2.53 bits per heavy atom. The van der Waals surface area contributed by atoms with Crippen LogP contribution < -0.4 is 5.32 Å². The molecule has 0 unspecified atom stereocenters. The van der Waals surface area contributed by atoms with Crippen molar-refractivity contribution in [3.63, 3.8) is 0 Å². The molecule has 2 aromatic rings. The molecular formula is C13H11F2NO3. The molecule has 0 radical (unpaired) electrons. The third-order valence-corrected chi connectivity index (χ3v) is 2.57. The minimum absolute atomic E-state index is 0.00796. The topological polar surface area (TPSA) is 62.5 Å². The minimum atomic E-state index is -1.18. The molecule has 0 spiro atoms. The second-order valence-electron chi connectivity index (χ2n) is 3.98. The standard InChI is InChI=1S/C13H11F2NO3/c1-7-5-8(19-12(7)13(17)18)6-16-11-9(14)3-2-4-10(11)15/h2-5,16H,6H2,1H3,(H,17,18). The molecule has 1 aromatic heterocycles. The minimum Gasteiger partial charge on any atom is -0.475 e. The van der Waals surface area contributed by atoms with Crippen LogP contribution in [-0.4, -0.2) is 11.1 Å². The first-order valence-corrected chi connectivity index (χ1v) is 5.49. The van der Waals surface area contributed by atoms with E-state index in [1.807, 2.05) is 0 Å². The van der Waals surface area contributed by atoms with Gasteiger partial charge in [0.05, 0.1) is 6.54 Å². The second-order valence-corrected chi connectivity index (χ2v) is 3.98. The van der Waals surface area contributed by atoms with Crippen molar-refractivity contribution < 1.29 is 23.1 Å². The van der Waals surface area contributed by atoms with E-state index in [-0.39, 0.29) is 23.8 Å². The summed E-state index contributed by atoms with van der Waals surface area (Å²) >= 11 is 0. The predicted molar refractivity (Wildman–Crippen MR) is 64.1 cm³/mol. The van der Waals surface area contributed by atoms with Gasteiger partial charge in [0, 0.05) is 5.56 Å². The van der Waals surface area contributed by atoms with Crippen LogP contribution in [0.4, 0.5) is 14.5 Å². The summed E-state index contributed by atoms with van der Waals surface area (Å²) in [6.45, 7) is 1.58. The summed E-state index contributed by atoms with van der Waals surface area (Å²) in [6, 6.07) is 5.02. The number of hydrogen-bond donors (Lipinski definition) is 2. The van der Waals surface area contributed by atoms with Crippen LogP contribution >= 0.6 is 0 Å². The number of carboxylic acid groups (broad SMARTS) is 1. The summed E-state index contributed by atoms with van der Waals surface area (Å²) in [5.74, 6) is -2.51. The summed E-state index contributed by atoms with van der Waals surface area (Å²) < 4.78 is 31.7. The summed E-state index contributed by atoms with van der Waals surface area (Å²) in [4.78, 5) is 10.8. The lowest BCUT2D eigenvalue weighted by Gasteiger charge is -2.06. The molecule has 0 aliphatic rings. The van der Waals surface area contributed by atoms with Crippen molar-refractivity contribution in [1.82, 2.24) is 0 Å². The van der Waals surface area contributed by atoms with Crippen molar-refractivity contribution in [2.75, 3.05) is 5.32 Å². The van der Waals surface area contributed by atoms with E-state index in [0.717, 1.165) is 12.1 Å². The van der Waals surface area contributed by atoms with Crippen molar-refractivity contribution in [3.05, 3.63) is 53.0 Å². The molecule has 0 bridgehead atoms. The van der Waals surface area contributed by atoms with Crippen LogP contribution in [0.2, 0.25) is 0 Å². The third kappa shape index (κ3) is 2.73. The number of aryl methyl sites for hydroxylation is 1. The van der Waals surface area contributed by atoms with E-state index in [9.17, 15) is 13.6 Å². The zero-order chi connectivity index (χ0) is 14.0. The van der Waals surface area contributed by atoms with Crippen LogP contribution in [-0.2, 0) is 6.54 Å². The molecule has 0 aliphatic carbocycles. The molecule has 2 rings (SSSR count). The van der Waals surface area contributed by atoms with Gasteiger partial charge in [-0.1, -0.05) is 6.07 Å². The van der Waals surface area contributed by atoms with E-state index >= 15 is 0 Å². The number of benzene rings is 1. The first kappa shape index (κ1) is 13.1. The van der Waals surface area contributed by atoms with E-state index in [4.69, 9.17) is 9.52 Å². The van der Waals surface area contributed by atoms with Crippen molar-refractivity contribution in [3.8, 4) is 0 Å². The van der Waals surface area contributed by atoms with Crippen LogP contribution in [0.25, 0.3) is 0 Å². The van der Waals surface area contributed by atoms with Crippen LogP contribution in [0, 0.1) is 18.6 Å². The fraction of sp³-hybridized carbons (Fsp3) is 0.154. The Morgan fingerprint density at radius 2 is 2.00 bits per heavy atom. The molecule has 100 valence electrons. The summed E-state index contributed by atoms with van der Waals surface area (Å²) in [5.41, 5.74) is 0.187. The van der Waals surface area contributed by atoms with Gasteiger partial charge in [-0.15, -0.1) is 0 Å². The molecule has 0 saturated heterocycles. The predicted octanol–water partition coefficient (Wildman–Crippen LogP) is 3.18. The van der Waals surface area contributed by atoms with Gasteiger partial charge in [0.15, 0.2) is 0 Å². The quantitative estimate of drug-likeness (QED) is 0.893. The maximum absolute atomic E-state index is 13.3. The Kier molecular flexibility index (Phi) is 3.50. The van der Waals surface area contributed by atoms with Crippen LogP contribution in [0.3, 0.4) is 0 Å². The molecule has 19 heavy (non-hydrogen) atoms. The summed E-state index contributed by atoms with van der Waals surface area (Å²) in [5, 5.41) is 11.4. The Bertz CT molecular complexity index is 602. The van der Waals surface area contributed by atoms with E-state index < -0.39 is 17.6 Å². The number of hydrogen-bond acceptors (Lipinski definition) is 3. The summed E-state index contributed by atoms with van der Waals surface area (Å²) in [7, 11) is 0. The first-order valence-electron chi connectivity index (χ1n) is 5.49. The molecule has 2 N–H and O–H groups in total. The Balaban J connectivity index is 2.15. The molecule has 0 amide bonds. The smallest absolute Gasteiger partial charge is 0.372 e. The fourth-order valence-corrected chi connectivity index (χ4v) is 1.69. The number of aromatic carboxylic acids is 1. The first-order chi connectivity index (χ1) is 8.99. The normalized spacial score (nSPS) is 10.5. The van der Waals surface area contributed by atoms with Crippen molar-refractivity contribution in [2.24, 2.45) is 0 Å². The number of furan rings is 1. The number of halogens is 2. The van der Waals surface area contributed by atoms with Crippen LogP contribution in [0.1, 0.15) is 21.9 Å². The lowest BCUT2D eigenvalue weighted by molar-refractivity contribution is 0.0659. The summed E-state index contributed by atoms with van der Waals surface area (Å²) in [6.07, 6.45) is 0. The number of carboxylic acids is 1. The van der Waals surface area contributed by atoms with E-state index in [0.29, 0.717) is 5.56 Å². The number of anilines is 1. The number of carbonyl (C=O) groups is 1. The maximum Gasteiger partial charge on any atom is 0.372 e. The van der Waals surface area contributed by atoms with Gasteiger partial charge in [-0.2, -0.15) is 0 Å². The van der Waals surface area contributed by atoms with Gasteiger partial charge in [-0.3, -0.25) is 0 Å². The maximum atomic E-state index is 13.3. The van der Waals surface area contributed by atoms with Gasteiger partial charge < -0.3 is 14.8 Å². The highest BCUT2D eigenvalue weighted by molar-refractivity contribution is 5.86. The Morgan fingerprint density at radius 1 is 1.37 bits per heavy atom. The van der Waals surface area contributed by atoms with Gasteiger partial charge in [0.1, 0.15) is 23.1 Å². The fourth-order valence-electron chi connectivity index (χ4n) is 1.69. The monoisotopic (exact) mass is 267 g/mol. The third-order valence-electron chi connectivity index (χ3n) is 2.57. The number of rotatable bonds is 4. The van der Waals surface area contributed by atoms with Gasteiger partial charge in [-0.05, 0) is 25.1 Å². The molecule has 1 aromatic carbocycles. The lowest BCUT2D eigenvalue weighted by Crippen LogP contribution is -2.03. The average molecular weight is 267 g/mol. The largest absolute Gasteiger partial charge is 0.475 e. The molecular weight excluding hydrogens is 256 g/mol. The molecule has 4 nitrogen and oxygen atoms in total. The van der Waals surface area contributed by atoms with Crippen LogP contribution in [0.15, 0.2) is 28.7 Å². The van der Waals surface area contributed by atoms with E-state index in [2.05, 4.69) is 5.32 Å². The van der Waals surface area contributed by atoms with Crippen molar-refractivity contribution in [1.29, 1.82) is 0 Å². The highest BCUT2D eigenvalue weighted by atomic mass is 19.1. The molecule has 1 heterocycles. The molecule has 6 heteroatoms. The highest BCUT2D eigenvalue weighted by Gasteiger charge is 2.15. The molecule has 0 saturated carbocycles.